The molecule has 0 saturated carbocycles. The van der Waals surface area contributed by atoms with Crippen molar-refractivity contribution in [1.29, 1.82) is 0 Å². The summed E-state index contributed by atoms with van der Waals surface area (Å²) >= 11 is 12.5. The van der Waals surface area contributed by atoms with Gasteiger partial charge in [-0.25, -0.2) is 4.98 Å². The summed E-state index contributed by atoms with van der Waals surface area (Å²) in [5, 5.41) is 3.97. The average molecular weight is 438 g/mol. The molecule has 29 heavy (non-hydrogen) atoms. The van der Waals surface area contributed by atoms with Crippen LogP contribution in [0.25, 0.3) is 17.0 Å². The van der Waals surface area contributed by atoms with E-state index in [-0.39, 0.29) is 19.7 Å². The van der Waals surface area contributed by atoms with Crippen LogP contribution in [0.15, 0.2) is 24.4 Å². The van der Waals surface area contributed by atoms with Crippen LogP contribution in [0.2, 0.25) is 10.0 Å². The van der Waals surface area contributed by atoms with E-state index in [1.807, 2.05) is 13.0 Å². The Morgan fingerprint density at radius 3 is 2.76 bits per heavy atom. The van der Waals surface area contributed by atoms with Crippen LogP contribution in [0.5, 0.6) is 0 Å². The van der Waals surface area contributed by atoms with E-state index in [0.717, 1.165) is 22.5 Å². The molecular formula is C19H21Cl2N5O3. The lowest BCUT2D eigenvalue weighted by Crippen LogP contribution is -2.18. The highest BCUT2D eigenvalue weighted by atomic mass is 35.5. The highest BCUT2D eigenvalue weighted by Gasteiger charge is 2.18. The summed E-state index contributed by atoms with van der Waals surface area (Å²) in [7, 11) is 1.54. The summed E-state index contributed by atoms with van der Waals surface area (Å²) in [6.45, 7) is 2.64. The van der Waals surface area contributed by atoms with Crippen molar-refractivity contribution < 1.29 is 14.3 Å². The number of anilines is 1. The molecule has 0 fully saturated rings. The predicted octanol–water partition coefficient (Wildman–Crippen LogP) is 3.07. The van der Waals surface area contributed by atoms with E-state index < -0.39 is 5.97 Å². The van der Waals surface area contributed by atoms with Gasteiger partial charge in [0, 0.05) is 35.5 Å². The summed E-state index contributed by atoms with van der Waals surface area (Å²) in [5.41, 5.74) is 9.11. The van der Waals surface area contributed by atoms with Crippen molar-refractivity contribution in [3.05, 3.63) is 45.7 Å². The summed E-state index contributed by atoms with van der Waals surface area (Å²) < 4.78 is 11.7. The molecule has 0 aliphatic carbocycles. The van der Waals surface area contributed by atoms with Gasteiger partial charge in [-0.05, 0) is 25.1 Å². The number of carbonyl (C=O) groups is 1. The van der Waals surface area contributed by atoms with Gasteiger partial charge in [0.1, 0.15) is 19.0 Å². The summed E-state index contributed by atoms with van der Waals surface area (Å²) in [4.78, 5) is 20.8. The van der Waals surface area contributed by atoms with E-state index in [9.17, 15) is 4.79 Å². The Morgan fingerprint density at radius 1 is 1.28 bits per heavy atom. The summed E-state index contributed by atoms with van der Waals surface area (Å²) in [6, 6.07) is 5.27. The Balaban J connectivity index is 1.96. The third-order valence-corrected chi connectivity index (χ3v) is 4.82. The normalized spacial score (nSPS) is 11.1. The molecule has 0 bridgehead atoms. The molecule has 0 saturated heterocycles. The number of aryl methyl sites for hydroxylation is 1. The molecule has 0 radical (unpaired) electrons. The molecule has 1 aromatic carbocycles. The molecule has 0 atom stereocenters. The van der Waals surface area contributed by atoms with Gasteiger partial charge in [-0.3, -0.25) is 9.20 Å². The number of imidazole rings is 1. The van der Waals surface area contributed by atoms with Gasteiger partial charge < -0.3 is 20.5 Å². The smallest absolute Gasteiger partial charge is 0.325 e. The van der Waals surface area contributed by atoms with Crippen LogP contribution in [0.4, 0.5) is 5.82 Å². The Bertz CT molecular complexity index is 1040. The summed E-state index contributed by atoms with van der Waals surface area (Å²) in [6.07, 6.45) is 1.74. The molecular weight excluding hydrogens is 417 g/mol. The van der Waals surface area contributed by atoms with Crippen LogP contribution in [-0.2, 0) is 20.8 Å². The molecule has 0 unspecified atom stereocenters. The minimum Gasteiger partial charge on any atom is -0.462 e. The zero-order valence-electron chi connectivity index (χ0n) is 16.0. The molecule has 3 rings (SSSR count). The van der Waals surface area contributed by atoms with Crippen molar-refractivity contribution in [1.82, 2.24) is 14.4 Å². The first-order valence-corrected chi connectivity index (χ1v) is 9.62. The number of esters is 1. The van der Waals surface area contributed by atoms with Crippen LogP contribution >= 0.6 is 23.2 Å². The van der Waals surface area contributed by atoms with Crippen LogP contribution in [-0.4, -0.2) is 47.2 Å². The first-order valence-electron chi connectivity index (χ1n) is 8.87. The third kappa shape index (κ3) is 4.79. The van der Waals surface area contributed by atoms with Gasteiger partial charge in [0.25, 0.3) is 0 Å². The zero-order chi connectivity index (χ0) is 21.0. The Kier molecular flexibility index (Phi) is 6.92. The number of nitrogens with one attached hydrogen (secondary N) is 1. The molecule has 0 spiro atoms. The lowest BCUT2D eigenvalue weighted by molar-refractivity contribution is -0.142. The number of aromatic nitrogens is 3. The van der Waals surface area contributed by atoms with Crippen molar-refractivity contribution >= 4 is 40.8 Å². The van der Waals surface area contributed by atoms with Crippen molar-refractivity contribution in [2.45, 2.75) is 13.5 Å². The number of fused-ring (bicyclic) bond motifs is 1. The largest absolute Gasteiger partial charge is 0.462 e. The van der Waals surface area contributed by atoms with Crippen molar-refractivity contribution in [2.75, 3.05) is 32.2 Å². The SMILES string of the molecule is COCCOC(=O)CNc1cn2c(-c3ccc(Cl)cc3Cl)c(CN)c(C)nc2n1. The molecule has 0 amide bonds. The standard InChI is InChI=1S/C19H21Cl2N5O3/c1-11-14(8-22)18(13-4-3-12(20)7-15(13)21)26-10-16(25-19(26)24-11)23-9-17(27)29-6-5-28-2/h3-4,7,10,23H,5-6,8-9,22H2,1-2H3. The highest BCUT2D eigenvalue weighted by Crippen LogP contribution is 2.34. The molecule has 0 aliphatic rings. The number of methoxy groups -OCH3 is 1. The van der Waals surface area contributed by atoms with Crippen LogP contribution in [0.3, 0.4) is 0 Å². The number of rotatable bonds is 8. The van der Waals surface area contributed by atoms with E-state index in [0.29, 0.717) is 28.2 Å². The van der Waals surface area contributed by atoms with Crippen LogP contribution in [0, 0.1) is 6.92 Å². The van der Waals surface area contributed by atoms with Gasteiger partial charge in [0.2, 0.25) is 5.78 Å². The van der Waals surface area contributed by atoms with Gasteiger partial charge >= 0.3 is 5.97 Å². The van der Waals surface area contributed by atoms with Crippen LogP contribution < -0.4 is 11.1 Å². The maximum absolute atomic E-state index is 11.8. The molecule has 3 N–H and O–H groups in total. The molecule has 2 aromatic heterocycles. The van der Waals surface area contributed by atoms with Crippen molar-refractivity contribution in [3.63, 3.8) is 0 Å². The van der Waals surface area contributed by atoms with Gasteiger partial charge in [-0.15, -0.1) is 0 Å². The lowest BCUT2D eigenvalue weighted by Gasteiger charge is -2.14. The predicted molar refractivity (Wildman–Crippen MR) is 112 cm³/mol. The molecule has 10 heteroatoms. The zero-order valence-corrected chi connectivity index (χ0v) is 17.5. The Hall–Kier alpha value is -2.39. The average Bonchev–Trinajstić information content (AvgIpc) is 3.08. The maximum Gasteiger partial charge on any atom is 0.325 e. The number of benzene rings is 1. The molecule has 8 nitrogen and oxygen atoms in total. The number of nitrogens with two attached hydrogens (primary N) is 1. The van der Waals surface area contributed by atoms with E-state index >= 15 is 0 Å². The van der Waals surface area contributed by atoms with Gasteiger partial charge in [0.05, 0.1) is 23.5 Å². The topological polar surface area (TPSA) is 104 Å². The number of hydrogen-bond donors (Lipinski definition) is 2. The summed E-state index contributed by atoms with van der Waals surface area (Å²) in [5.74, 6) is 0.518. The first-order chi connectivity index (χ1) is 13.9. The Labute approximate surface area is 177 Å². The first kappa shape index (κ1) is 21.3. The molecule has 3 aromatic rings. The second-order valence-corrected chi connectivity index (χ2v) is 7.06. The number of hydrogen-bond acceptors (Lipinski definition) is 7. The lowest BCUT2D eigenvalue weighted by atomic mass is 10.0. The minimum absolute atomic E-state index is 0.0344. The minimum atomic E-state index is -0.410. The fourth-order valence-corrected chi connectivity index (χ4v) is 3.40. The van der Waals surface area contributed by atoms with E-state index in [4.69, 9.17) is 38.4 Å². The monoisotopic (exact) mass is 437 g/mol. The van der Waals surface area contributed by atoms with Gasteiger partial charge in [-0.1, -0.05) is 23.2 Å². The maximum atomic E-state index is 11.8. The number of carbonyl (C=O) groups excluding carboxylic acids is 1. The van der Waals surface area contributed by atoms with E-state index in [1.165, 1.54) is 7.11 Å². The second-order valence-electron chi connectivity index (χ2n) is 6.22. The number of nitrogens with zero attached hydrogens (tertiary/aromatic N) is 3. The van der Waals surface area contributed by atoms with Crippen molar-refractivity contribution in [2.24, 2.45) is 5.73 Å². The van der Waals surface area contributed by atoms with Crippen molar-refractivity contribution in [3.8, 4) is 11.3 Å². The number of halogens is 2. The number of ether oxygens (including phenoxy) is 2. The third-order valence-electron chi connectivity index (χ3n) is 4.27. The fraction of sp³-hybridized carbons (Fsp3) is 0.316. The molecule has 0 aliphatic heterocycles. The fourth-order valence-electron chi connectivity index (χ4n) is 2.90. The quantitative estimate of drug-likeness (QED) is 0.412. The van der Waals surface area contributed by atoms with Crippen LogP contribution in [0.1, 0.15) is 11.3 Å². The van der Waals surface area contributed by atoms with E-state index in [1.54, 1.807) is 22.7 Å². The Morgan fingerprint density at radius 2 is 2.07 bits per heavy atom. The van der Waals surface area contributed by atoms with Gasteiger partial charge in [0.15, 0.2) is 0 Å². The van der Waals surface area contributed by atoms with E-state index in [2.05, 4.69) is 15.3 Å². The van der Waals surface area contributed by atoms with Gasteiger partial charge in [-0.2, -0.15) is 4.98 Å². The molecule has 2 heterocycles. The highest BCUT2D eigenvalue weighted by molar-refractivity contribution is 6.36. The molecule has 154 valence electrons. The second kappa shape index (κ2) is 9.41.